The molecule has 0 unspecified atom stereocenters. The van der Waals surface area contributed by atoms with Crippen molar-refractivity contribution in [3.63, 3.8) is 0 Å². The molecule has 0 atom stereocenters. The summed E-state index contributed by atoms with van der Waals surface area (Å²) in [6.07, 6.45) is 1.87. The Morgan fingerprint density at radius 3 is 2.74 bits per heavy atom. The highest BCUT2D eigenvalue weighted by molar-refractivity contribution is 7.89. The third-order valence-electron chi connectivity index (χ3n) is 5.25. The molecule has 1 aromatic heterocycles. The molecule has 0 aliphatic carbocycles. The molecule has 0 spiro atoms. The first-order valence-corrected chi connectivity index (χ1v) is 11.6. The largest absolute Gasteiger partial charge is 0.352 e. The van der Waals surface area contributed by atoms with E-state index in [2.05, 4.69) is 15.5 Å². The van der Waals surface area contributed by atoms with E-state index in [1.165, 1.54) is 22.0 Å². The lowest BCUT2D eigenvalue weighted by Crippen LogP contribution is -2.36. The van der Waals surface area contributed by atoms with Gasteiger partial charge in [0.1, 0.15) is 0 Å². The van der Waals surface area contributed by atoms with Crippen LogP contribution < -0.4 is 5.32 Å². The highest BCUT2D eigenvalue weighted by Gasteiger charge is 2.28. The average molecular weight is 441 g/mol. The highest BCUT2D eigenvalue weighted by atomic mass is 32.2. The molecule has 0 bridgehead atoms. The number of aryl methyl sites for hydroxylation is 2. The number of hydrogen-bond acceptors (Lipinski definition) is 6. The zero-order valence-electron chi connectivity index (χ0n) is 17.2. The minimum atomic E-state index is -3.69. The third-order valence-corrected chi connectivity index (χ3v) is 7.09. The minimum absolute atomic E-state index is 0.126. The summed E-state index contributed by atoms with van der Waals surface area (Å²) in [6.45, 7) is 2.92. The van der Waals surface area contributed by atoms with Crippen LogP contribution in [-0.2, 0) is 29.4 Å². The van der Waals surface area contributed by atoms with Gasteiger partial charge < -0.3 is 9.84 Å². The van der Waals surface area contributed by atoms with Gasteiger partial charge >= 0.3 is 0 Å². The normalized spacial score (nSPS) is 14.2. The maximum atomic E-state index is 13.2. The number of nitrogens with one attached hydrogen (secondary N) is 1. The predicted octanol–water partition coefficient (Wildman–Crippen LogP) is 2.49. The molecule has 9 heteroatoms. The second-order valence-electron chi connectivity index (χ2n) is 7.48. The van der Waals surface area contributed by atoms with Crippen molar-refractivity contribution < 1.29 is 17.7 Å². The van der Waals surface area contributed by atoms with Gasteiger partial charge in [0, 0.05) is 31.6 Å². The van der Waals surface area contributed by atoms with Crippen LogP contribution in [0.25, 0.3) is 0 Å². The van der Waals surface area contributed by atoms with E-state index in [9.17, 15) is 13.2 Å². The summed E-state index contributed by atoms with van der Waals surface area (Å²) in [5.41, 5.74) is 2.51. The van der Waals surface area contributed by atoms with Crippen LogP contribution in [-0.4, -0.2) is 41.9 Å². The van der Waals surface area contributed by atoms with E-state index >= 15 is 0 Å². The Morgan fingerprint density at radius 1 is 1.16 bits per heavy atom. The molecule has 2 heterocycles. The van der Waals surface area contributed by atoms with Crippen molar-refractivity contribution in [3.05, 3.63) is 76.9 Å². The highest BCUT2D eigenvalue weighted by Crippen LogP contribution is 2.25. The van der Waals surface area contributed by atoms with Crippen molar-refractivity contribution in [1.29, 1.82) is 0 Å². The van der Waals surface area contributed by atoms with Crippen molar-refractivity contribution >= 4 is 15.9 Å². The average Bonchev–Trinajstić information content (AvgIpc) is 3.21. The fourth-order valence-corrected chi connectivity index (χ4v) is 5.07. The smallest absolute Gasteiger partial charge is 0.251 e. The van der Waals surface area contributed by atoms with Crippen LogP contribution in [0.2, 0.25) is 0 Å². The molecule has 162 valence electrons. The van der Waals surface area contributed by atoms with Gasteiger partial charge in [-0.05, 0) is 49.1 Å². The van der Waals surface area contributed by atoms with E-state index in [1.54, 1.807) is 19.1 Å². The number of benzene rings is 2. The Hall–Kier alpha value is -3.04. The van der Waals surface area contributed by atoms with Crippen LogP contribution in [0.1, 0.15) is 39.6 Å². The SMILES string of the molecule is Cc1noc(CCCNC(=O)c2cccc(S(=O)(=O)N3CCc4ccccc4C3)c2)n1. The molecule has 4 rings (SSSR count). The van der Waals surface area contributed by atoms with Gasteiger partial charge in [-0.15, -0.1) is 0 Å². The number of hydrogen-bond donors (Lipinski definition) is 1. The van der Waals surface area contributed by atoms with E-state index in [0.717, 1.165) is 5.56 Å². The van der Waals surface area contributed by atoms with Crippen molar-refractivity contribution in [1.82, 2.24) is 19.8 Å². The second-order valence-corrected chi connectivity index (χ2v) is 9.42. The van der Waals surface area contributed by atoms with Crippen LogP contribution in [0.4, 0.5) is 0 Å². The van der Waals surface area contributed by atoms with E-state index in [4.69, 9.17) is 4.52 Å². The quantitative estimate of drug-likeness (QED) is 0.566. The van der Waals surface area contributed by atoms with Crippen molar-refractivity contribution in [2.24, 2.45) is 0 Å². The summed E-state index contributed by atoms with van der Waals surface area (Å²) >= 11 is 0. The van der Waals surface area contributed by atoms with E-state index < -0.39 is 10.0 Å². The minimum Gasteiger partial charge on any atom is -0.352 e. The molecule has 3 aromatic rings. The Morgan fingerprint density at radius 2 is 1.97 bits per heavy atom. The monoisotopic (exact) mass is 440 g/mol. The van der Waals surface area contributed by atoms with Gasteiger partial charge in [-0.1, -0.05) is 35.5 Å². The molecule has 1 aliphatic heterocycles. The molecule has 1 amide bonds. The van der Waals surface area contributed by atoms with Crippen LogP contribution in [0.3, 0.4) is 0 Å². The molecule has 31 heavy (non-hydrogen) atoms. The number of nitrogens with zero attached hydrogens (tertiary/aromatic N) is 3. The van der Waals surface area contributed by atoms with E-state index in [1.807, 2.05) is 24.3 Å². The molecule has 8 nitrogen and oxygen atoms in total. The van der Waals surface area contributed by atoms with Gasteiger partial charge in [0.15, 0.2) is 5.82 Å². The number of carbonyl (C=O) groups is 1. The summed E-state index contributed by atoms with van der Waals surface area (Å²) in [5.74, 6) is 0.792. The molecule has 0 saturated carbocycles. The predicted molar refractivity (Wildman–Crippen MR) is 114 cm³/mol. The van der Waals surface area contributed by atoms with Gasteiger partial charge in [0.05, 0.1) is 4.90 Å². The standard InChI is InChI=1S/C22H24N4O4S/c1-16-24-21(30-25-16)10-5-12-23-22(27)18-8-4-9-20(14-18)31(28,29)26-13-11-17-6-2-3-7-19(17)15-26/h2-4,6-9,14H,5,10-13,15H2,1H3,(H,23,27). The van der Waals surface area contributed by atoms with Gasteiger partial charge in [-0.25, -0.2) is 8.42 Å². The zero-order valence-corrected chi connectivity index (χ0v) is 18.1. The molecule has 1 N–H and O–H groups in total. The number of carbonyl (C=O) groups excluding carboxylic acids is 1. The maximum Gasteiger partial charge on any atom is 0.251 e. The van der Waals surface area contributed by atoms with Crippen LogP contribution in [0.5, 0.6) is 0 Å². The van der Waals surface area contributed by atoms with Crippen LogP contribution in [0.15, 0.2) is 57.9 Å². The first-order chi connectivity index (χ1) is 14.9. The number of fused-ring (bicyclic) bond motifs is 1. The maximum absolute atomic E-state index is 13.2. The molecule has 2 aromatic carbocycles. The fraction of sp³-hybridized carbons (Fsp3) is 0.318. The summed E-state index contributed by atoms with van der Waals surface area (Å²) in [6, 6.07) is 14.0. The third kappa shape index (κ3) is 4.83. The Labute approximate surface area is 181 Å². The lowest BCUT2D eigenvalue weighted by atomic mass is 10.0. The topological polar surface area (TPSA) is 105 Å². The lowest BCUT2D eigenvalue weighted by Gasteiger charge is -2.28. The number of rotatable bonds is 7. The Bertz CT molecular complexity index is 1190. The first-order valence-electron chi connectivity index (χ1n) is 10.2. The van der Waals surface area contributed by atoms with Crippen molar-refractivity contribution in [3.8, 4) is 0 Å². The van der Waals surface area contributed by atoms with Crippen molar-refractivity contribution in [2.45, 2.75) is 37.6 Å². The summed E-state index contributed by atoms with van der Waals surface area (Å²) in [5, 5.41) is 6.54. The van der Waals surface area contributed by atoms with E-state index in [0.29, 0.717) is 56.2 Å². The van der Waals surface area contributed by atoms with Gasteiger partial charge in [0.2, 0.25) is 15.9 Å². The Kier molecular flexibility index (Phi) is 6.15. The Balaban J connectivity index is 1.39. The number of amides is 1. The molecule has 0 radical (unpaired) electrons. The summed E-state index contributed by atoms with van der Waals surface area (Å²) in [4.78, 5) is 16.8. The zero-order chi connectivity index (χ0) is 21.8. The molecule has 0 fully saturated rings. The van der Waals surface area contributed by atoms with Gasteiger partial charge in [-0.2, -0.15) is 9.29 Å². The molecule has 1 aliphatic rings. The van der Waals surface area contributed by atoms with E-state index in [-0.39, 0.29) is 10.8 Å². The van der Waals surface area contributed by atoms with Crippen molar-refractivity contribution in [2.75, 3.05) is 13.1 Å². The fourth-order valence-electron chi connectivity index (χ4n) is 3.61. The van der Waals surface area contributed by atoms with Gasteiger partial charge in [0.25, 0.3) is 5.91 Å². The van der Waals surface area contributed by atoms with Gasteiger partial charge in [-0.3, -0.25) is 4.79 Å². The summed E-state index contributed by atoms with van der Waals surface area (Å²) in [7, 11) is -3.69. The van der Waals surface area contributed by atoms with Crippen LogP contribution in [0, 0.1) is 6.92 Å². The van der Waals surface area contributed by atoms with Crippen LogP contribution >= 0.6 is 0 Å². The second kappa shape index (κ2) is 8.99. The lowest BCUT2D eigenvalue weighted by molar-refractivity contribution is 0.0952. The first kappa shape index (κ1) is 21.2. The number of aromatic nitrogens is 2. The molecule has 0 saturated heterocycles. The summed E-state index contributed by atoms with van der Waals surface area (Å²) < 4.78 is 32.8. The number of sulfonamides is 1. The molecular weight excluding hydrogens is 416 g/mol. The molecular formula is C22H24N4O4S.